The number of halogens is 1. The summed E-state index contributed by atoms with van der Waals surface area (Å²) in [7, 11) is 0. The van der Waals surface area contributed by atoms with E-state index >= 15 is 0 Å². The van der Waals surface area contributed by atoms with Crippen molar-refractivity contribution >= 4 is 39.0 Å². The van der Waals surface area contributed by atoms with Crippen LogP contribution in [-0.4, -0.2) is 34.9 Å². The minimum absolute atomic E-state index is 0.0814. The van der Waals surface area contributed by atoms with E-state index < -0.39 is 0 Å². The number of thiophene rings is 1. The molecular weight excluding hydrogens is 368 g/mol. The fraction of sp³-hybridized carbons (Fsp3) is 0.429. The van der Waals surface area contributed by atoms with E-state index in [1.54, 1.807) is 11.3 Å². The van der Waals surface area contributed by atoms with Gasteiger partial charge in [-0.1, -0.05) is 0 Å². The van der Waals surface area contributed by atoms with Gasteiger partial charge in [0.25, 0.3) is 0 Å². The summed E-state index contributed by atoms with van der Waals surface area (Å²) in [6.07, 6.45) is 1.79. The molecule has 1 aliphatic rings. The van der Waals surface area contributed by atoms with E-state index in [2.05, 4.69) is 31.4 Å². The van der Waals surface area contributed by atoms with Crippen LogP contribution in [0.2, 0.25) is 0 Å². The number of nitrogens with zero attached hydrogens (tertiary/aromatic N) is 1. The Morgan fingerprint density at radius 2 is 2.45 bits per heavy atom. The molecule has 3 heterocycles. The van der Waals surface area contributed by atoms with Crippen molar-refractivity contribution < 1.29 is 9.53 Å². The van der Waals surface area contributed by atoms with Crippen LogP contribution in [0, 0.1) is 0 Å². The summed E-state index contributed by atoms with van der Waals surface area (Å²) in [5, 5.41) is 9.84. The first kappa shape index (κ1) is 15.7. The van der Waals surface area contributed by atoms with Gasteiger partial charge in [0.2, 0.25) is 5.91 Å². The van der Waals surface area contributed by atoms with Gasteiger partial charge in [-0.05, 0) is 40.9 Å². The lowest BCUT2D eigenvalue weighted by Gasteiger charge is -2.20. The van der Waals surface area contributed by atoms with Crippen LogP contribution in [0.3, 0.4) is 0 Å². The van der Waals surface area contributed by atoms with E-state index in [4.69, 9.17) is 10.5 Å². The quantitative estimate of drug-likeness (QED) is 0.738. The molecule has 1 fully saturated rings. The third-order valence-electron chi connectivity index (χ3n) is 3.67. The Labute approximate surface area is 140 Å². The number of carbonyl (C=O) groups is 1. The molecule has 0 aromatic carbocycles. The summed E-state index contributed by atoms with van der Waals surface area (Å²) in [4.78, 5) is 13.1. The smallest absolute Gasteiger partial charge is 0.225 e. The van der Waals surface area contributed by atoms with Crippen LogP contribution >= 0.6 is 27.3 Å². The predicted octanol–water partition coefficient (Wildman–Crippen LogP) is 2.74. The van der Waals surface area contributed by atoms with Crippen molar-refractivity contribution in [2.24, 2.45) is 5.73 Å². The first-order valence-corrected chi connectivity index (χ1v) is 8.63. The summed E-state index contributed by atoms with van der Waals surface area (Å²) >= 11 is 5.03. The van der Waals surface area contributed by atoms with Crippen molar-refractivity contribution in [3.63, 3.8) is 0 Å². The lowest BCUT2D eigenvalue weighted by atomic mass is 9.94. The van der Waals surface area contributed by atoms with Gasteiger partial charge in [0.15, 0.2) is 5.82 Å². The molecule has 3 rings (SSSR count). The minimum atomic E-state index is -0.364. The standard InChI is InChI=1S/C14H17BrN4O2S/c15-11-2-1-10(22-11)9-7-12(19-18-9)17-13(20)3-4-14(16)5-6-21-8-14/h1-2,7H,3-6,8,16H2,(H2,17,18,19,20). The van der Waals surface area contributed by atoms with Crippen molar-refractivity contribution in [2.45, 2.75) is 24.8 Å². The molecule has 0 spiro atoms. The van der Waals surface area contributed by atoms with E-state index in [9.17, 15) is 4.79 Å². The van der Waals surface area contributed by atoms with Crippen LogP contribution in [0.25, 0.3) is 10.6 Å². The number of amides is 1. The normalized spacial score (nSPS) is 21.2. The summed E-state index contributed by atoms with van der Waals surface area (Å²) < 4.78 is 6.34. The lowest BCUT2D eigenvalue weighted by Crippen LogP contribution is -2.41. The second-order valence-electron chi connectivity index (χ2n) is 5.48. The molecule has 1 amide bonds. The number of hydrogen-bond acceptors (Lipinski definition) is 5. The second kappa shape index (κ2) is 6.49. The molecule has 8 heteroatoms. The third-order valence-corrected chi connectivity index (χ3v) is 5.32. The van der Waals surface area contributed by atoms with E-state index in [1.165, 1.54) is 0 Å². The molecule has 4 N–H and O–H groups in total. The Morgan fingerprint density at radius 1 is 1.59 bits per heavy atom. The number of aromatic amines is 1. The van der Waals surface area contributed by atoms with Gasteiger partial charge in [0, 0.05) is 24.6 Å². The van der Waals surface area contributed by atoms with Crippen LogP contribution in [0.5, 0.6) is 0 Å². The molecule has 22 heavy (non-hydrogen) atoms. The number of anilines is 1. The summed E-state index contributed by atoms with van der Waals surface area (Å²) in [5.74, 6) is 0.445. The molecule has 2 aromatic rings. The largest absolute Gasteiger partial charge is 0.379 e. The highest BCUT2D eigenvalue weighted by molar-refractivity contribution is 9.11. The Kier molecular flexibility index (Phi) is 4.62. The maximum Gasteiger partial charge on any atom is 0.225 e. The highest BCUT2D eigenvalue weighted by Gasteiger charge is 2.30. The van der Waals surface area contributed by atoms with Gasteiger partial charge in [-0.2, -0.15) is 5.10 Å². The zero-order chi connectivity index (χ0) is 15.6. The highest BCUT2D eigenvalue weighted by Crippen LogP contribution is 2.31. The van der Waals surface area contributed by atoms with Gasteiger partial charge < -0.3 is 15.8 Å². The van der Waals surface area contributed by atoms with Gasteiger partial charge in [0.1, 0.15) is 0 Å². The van der Waals surface area contributed by atoms with E-state index in [0.717, 1.165) is 20.8 Å². The number of hydrogen-bond donors (Lipinski definition) is 3. The predicted molar refractivity (Wildman–Crippen MR) is 89.8 cm³/mol. The van der Waals surface area contributed by atoms with Crippen LogP contribution in [0.1, 0.15) is 19.3 Å². The monoisotopic (exact) mass is 384 g/mol. The number of nitrogens with one attached hydrogen (secondary N) is 2. The Bertz CT molecular complexity index is 663. The number of nitrogens with two attached hydrogens (primary N) is 1. The molecule has 1 saturated heterocycles. The SMILES string of the molecule is NC1(CCC(=O)Nc2cc(-c3ccc(Br)s3)[nH]n2)CCOC1. The molecule has 1 atom stereocenters. The second-order valence-corrected chi connectivity index (χ2v) is 7.95. The summed E-state index contributed by atoms with van der Waals surface area (Å²) in [5.41, 5.74) is 6.67. The van der Waals surface area contributed by atoms with Crippen molar-refractivity contribution in [3.05, 3.63) is 22.0 Å². The molecule has 0 saturated carbocycles. The Morgan fingerprint density at radius 3 is 3.14 bits per heavy atom. The third kappa shape index (κ3) is 3.75. The van der Waals surface area contributed by atoms with Crippen molar-refractivity contribution in [3.8, 4) is 10.6 Å². The van der Waals surface area contributed by atoms with Crippen LogP contribution in [0.4, 0.5) is 5.82 Å². The van der Waals surface area contributed by atoms with Gasteiger partial charge in [-0.15, -0.1) is 11.3 Å². The van der Waals surface area contributed by atoms with Gasteiger partial charge in [-0.3, -0.25) is 9.89 Å². The molecule has 118 valence electrons. The Hall–Kier alpha value is -1.22. The van der Waals surface area contributed by atoms with Crippen LogP contribution < -0.4 is 11.1 Å². The van der Waals surface area contributed by atoms with E-state index in [-0.39, 0.29) is 11.4 Å². The summed E-state index contributed by atoms with van der Waals surface area (Å²) in [6, 6.07) is 5.79. The molecule has 1 aliphatic heterocycles. The van der Waals surface area contributed by atoms with Gasteiger partial charge >= 0.3 is 0 Å². The number of aromatic nitrogens is 2. The average Bonchev–Trinajstić information content (AvgIpc) is 3.19. The molecule has 0 radical (unpaired) electrons. The van der Waals surface area contributed by atoms with Crippen molar-refractivity contribution in [1.82, 2.24) is 10.2 Å². The number of rotatable bonds is 5. The lowest BCUT2D eigenvalue weighted by molar-refractivity contribution is -0.116. The first-order chi connectivity index (χ1) is 10.5. The molecule has 2 aromatic heterocycles. The van der Waals surface area contributed by atoms with Crippen molar-refractivity contribution in [2.75, 3.05) is 18.5 Å². The average molecular weight is 385 g/mol. The maximum absolute atomic E-state index is 12.0. The minimum Gasteiger partial charge on any atom is -0.379 e. The maximum atomic E-state index is 12.0. The number of H-pyrrole nitrogens is 1. The first-order valence-electron chi connectivity index (χ1n) is 7.02. The number of ether oxygens (including phenoxy) is 1. The highest BCUT2D eigenvalue weighted by atomic mass is 79.9. The molecule has 0 bridgehead atoms. The molecule has 6 nitrogen and oxygen atoms in total. The summed E-state index contributed by atoms with van der Waals surface area (Å²) in [6.45, 7) is 1.21. The van der Waals surface area contributed by atoms with Gasteiger partial charge in [-0.25, -0.2) is 0 Å². The molecular formula is C14H17BrN4O2S. The van der Waals surface area contributed by atoms with Crippen LogP contribution in [0.15, 0.2) is 22.0 Å². The molecule has 0 aliphatic carbocycles. The zero-order valence-electron chi connectivity index (χ0n) is 11.9. The zero-order valence-corrected chi connectivity index (χ0v) is 14.3. The van der Waals surface area contributed by atoms with Crippen molar-refractivity contribution in [1.29, 1.82) is 0 Å². The molecule has 1 unspecified atom stereocenters. The number of carbonyl (C=O) groups excluding carboxylic acids is 1. The van der Waals surface area contributed by atoms with E-state index in [0.29, 0.717) is 31.9 Å². The topological polar surface area (TPSA) is 93.0 Å². The van der Waals surface area contributed by atoms with Gasteiger partial charge in [0.05, 0.1) is 21.0 Å². The fourth-order valence-corrected chi connectivity index (χ4v) is 3.71. The van der Waals surface area contributed by atoms with E-state index in [1.807, 2.05) is 18.2 Å². The Balaban J connectivity index is 1.54. The van der Waals surface area contributed by atoms with Crippen LogP contribution in [-0.2, 0) is 9.53 Å². The fourth-order valence-electron chi connectivity index (χ4n) is 2.36.